The molecule has 4 rings (SSSR count). The standard InChI is InChI=1S/C21H18N6OS2/c22-19-25-20(23-14-8-12-18(29)13-9-14)26-27(19)21(30)24-15-6-10-17(11-7-15)28-16-4-2-1-3-5-16/h1-13,29H,(H,24,30)(H3,22,23,25,26). The van der Waals surface area contributed by atoms with Gasteiger partial charge in [0.15, 0.2) is 0 Å². The Hall–Kier alpha value is -3.56. The lowest BCUT2D eigenvalue weighted by Crippen LogP contribution is -2.22. The normalized spacial score (nSPS) is 10.4. The van der Waals surface area contributed by atoms with Gasteiger partial charge in [0.1, 0.15) is 11.5 Å². The Balaban J connectivity index is 1.41. The molecule has 0 radical (unpaired) electrons. The van der Waals surface area contributed by atoms with Crippen LogP contribution in [0.1, 0.15) is 0 Å². The highest BCUT2D eigenvalue weighted by atomic mass is 32.1. The monoisotopic (exact) mass is 434 g/mol. The Morgan fingerprint density at radius 1 is 0.900 bits per heavy atom. The number of hydrogen-bond donors (Lipinski definition) is 4. The minimum absolute atomic E-state index is 0.171. The summed E-state index contributed by atoms with van der Waals surface area (Å²) in [6.45, 7) is 0. The summed E-state index contributed by atoms with van der Waals surface area (Å²) >= 11 is 9.69. The molecule has 0 aliphatic heterocycles. The number of benzene rings is 3. The van der Waals surface area contributed by atoms with Crippen LogP contribution in [0, 0.1) is 0 Å². The smallest absolute Gasteiger partial charge is 0.248 e. The molecule has 0 aliphatic carbocycles. The lowest BCUT2D eigenvalue weighted by atomic mass is 10.3. The number of thiocarbonyl (C=S) groups is 1. The topological polar surface area (TPSA) is 90.0 Å². The number of hydrogen-bond acceptors (Lipinski definition) is 7. The SMILES string of the molecule is Nc1nc(Nc2ccc(S)cc2)nn1C(=S)Nc1ccc(Oc2ccccc2)cc1. The van der Waals surface area contributed by atoms with E-state index in [2.05, 4.69) is 33.3 Å². The summed E-state index contributed by atoms with van der Waals surface area (Å²) in [5.74, 6) is 2.00. The summed E-state index contributed by atoms with van der Waals surface area (Å²) in [6, 6.07) is 24.5. The predicted octanol–water partition coefficient (Wildman–Crippen LogP) is 4.93. The van der Waals surface area contributed by atoms with Gasteiger partial charge in [0.25, 0.3) is 0 Å². The van der Waals surface area contributed by atoms with Gasteiger partial charge in [-0.2, -0.15) is 9.67 Å². The molecule has 30 heavy (non-hydrogen) atoms. The largest absolute Gasteiger partial charge is 0.457 e. The van der Waals surface area contributed by atoms with Gasteiger partial charge in [-0.05, 0) is 72.9 Å². The lowest BCUT2D eigenvalue weighted by Gasteiger charge is -2.10. The van der Waals surface area contributed by atoms with Crippen molar-refractivity contribution >= 4 is 53.2 Å². The van der Waals surface area contributed by atoms with Crippen molar-refractivity contribution < 1.29 is 4.74 Å². The molecule has 1 aromatic heterocycles. The van der Waals surface area contributed by atoms with Gasteiger partial charge >= 0.3 is 0 Å². The first kappa shape index (κ1) is 19.7. The van der Waals surface area contributed by atoms with Crippen LogP contribution in [0.25, 0.3) is 0 Å². The summed E-state index contributed by atoms with van der Waals surface area (Å²) in [6.07, 6.45) is 0. The van der Waals surface area contributed by atoms with E-state index >= 15 is 0 Å². The van der Waals surface area contributed by atoms with E-state index in [-0.39, 0.29) is 5.95 Å². The molecule has 0 bridgehead atoms. The molecule has 0 unspecified atom stereocenters. The molecule has 4 aromatic rings. The van der Waals surface area contributed by atoms with Gasteiger partial charge in [-0.25, -0.2) is 0 Å². The van der Waals surface area contributed by atoms with E-state index in [1.165, 1.54) is 4.68 Å². The number of nitrogens with two attached hydrogens (primary N) is 1. The maximum atomic E-state index is 5.97. The number of para-hydroxylation sites is 1. The van der Waals surface area contributed by atoms with E-state index in [1.54, 1.807) is 0 Å². The van der Waals surface area contributed by atoms with Crippen LogP contribution in [0.2, 0.25) is 0 Å². The lowest BCUT2D eigenvalue weighted by molar-refractivity contribution is 0.483. The fourth-order valence-corrected chi connectivity index (χ4v) is 3.01. The van der Waals surface area contributed by atoms with Crippen LogP contribution >= 0.6 is 24.8 Å². The molecule has 1 heterocycles. The van der Waals surface area contributed by atoms with Crippen LogP contribution < -0.4 is 21.1 Å². The van der Waals surface area contributed by atoms with Crippen molar-refractivity contribution in [2.24, 2.45) is 0 Å². The number of anilines is 4. The fourth-order valence-electron chi connectivity index (χ4n) is 2.61. The molecule has 0 fully saturated rings. The minimum Gasteiger partial charge on any atom is -0.457 e. The number of nitrogens with one attached hydrogen (secondary N) is 2. The van der Waals surface area contributed by atoms with Gasteiger partial charge in [0.05, 0.1) is 0 Å². The predicted molar refractivity (Wildman–Crippen MR) is 126 cm³/mol. The zero-order valence-electron chi connectivity index (χ0n) is 15.7. The third kappa shape index (κ3) is 4.88. The molecule has 0 saturated heterocycles. The Labute approximate surface area is 184 Å². The molecular formula is C21H18N6OS2. The Morgan fingerprint density at radius 3 is 2.23 bits per heavy atom. The van der Waals surface area contributed by atoms with E-state index in [0.717, 1.165) is 27.8 Å². The highest BCUT2D eigenvalue weighted by Crippen LogP contribution is 2.23. The van der Waals surface area contributed by atoms with Gasteiger partial charge in [0, 0.05) is 16.3 Å². The molecule has 0 spiro atoms. The molecule has 0 atom stereocenters. The van der Waals surface area contributed by atoms with Gasteiger partial charge in [0.2, 0.25) is 17.0 Å². The number of rotatable bonds is 5. The van der Waals surface area contributed by atoms with Crippen molar-refractivity contribution in [2.45, 2.75) is 4.90 Å². The van der Waals surface area contributed by atoms with Crippen molar-refractivity contribution in [1.29, 1.82) is 0 Å². The molecular weight excluding hydrogens is 416 g/mol. The summed E-state index contributed by atoms with van der Waals surface area (Å²) < 4.78 is 7.15. The third-order valence-electron chi connectivity index (χ3n) is 4.03. The average molecular weight is 435 g/mol. The average Bonchev–Trinajstić information content (AvgIpc) is 3.12. The number of ether oxygens (including phenoxy) is 1. The Kier molecular flexibility index (Phi) is 5.82. The Morgan fingerprint density at radius 2 is 1.53 bits per heavy atom. The second kappa shape index (κ2) is 8.85. The number of aromatic nitrogens is 3. The summed E-state index contributed by atoms with van der Waals surface area (Å²) in [7, 11) is 0. The third-order valence-corrected chi connectivity index (χ3v) is 4.61. The minimum atomic E-state index is 0.171. The molecule has 7 nitrogen and oxygen atoms in total. The van der Waals surface area contributed by atoms with Crippen LogP contribution in [-0.2, 0) is 0 Å². The summed E-state index contributed by atoms with van der Waals surface area (Å²) in [4.78, 5) is 5.07. The molecule has 4 N–H and O–H groups in total. The molecule has 150 valence electrons. The van der Waals surface area contributed by atoms with E-state index < -0.39 is 0 Å². The van der Waals surface area contributed by atoms with Gasteiger partial charge < -0.3 is 21.1 Å². The van der Waals surface area contributed by atoms with Crippen LogP contribution in [0.15, 0.2) is 83.8 Å². The number of nitrogens with zero attached hydrogens (tertiary/aromatic N) is 3. The Bertz CT molecular complexity index is 1140. The zero-order valence-corrected chi connectivity index (χ0v) is 17.4. The maximum absolute atomic E-state index is 5.97. The van der Waals surface area contributed by atoms with E-state index in [9.17, 15) is 0 Å². The summed E-state index contributed by atoms with van der Waals surface area (Å²) in [5, 5.41) is 10.8. The van der Waals surface area contributed by atoms with E-state index in [1.807, 2.05) is 78.9 Å². The second-order valence-electron chi connectivity index (χ2n) is 6.25. The highest BCUT2D eigenvalue weighted by molar-refractivity contribution is 7.80. The molecule has 0 amide bonds. The van der Waals surface area contributed by atoms with Gasteiger partial charge in [-0.15, -0.1) is 17.7 Å². The molecule has 3 aromatic carbocycles. The van der Waals surface area contributed by atoms with Crippen molar-refractivity contribution in [3.8, 4) is 11.5 Å². The van der Waals surface area contributed by atoms with Gasteiger partial charge in [-0.1, -0.05) is 18.2 Å². The van der Waals surface area contributed by atoms with E-state index in [0.29, 0.717) is 11.1 Å². The summed E-state index contributed by atoms with van der Waals surface area (Å²) in [5.41, 5.74) is 7.56. The van der Waals surface area contributed by atoms with Crippen LogP contribution in [-0.4, -0.2) is 19.9 Å². The molecule has 9 heteroatoms. The highest BCUT2D eigenvalue weighted by Gasteiger charge is 2.12. The second-order valence-corrected chi connectivity index (χ2v) is 7.15. The first-order valence-corrected chi connectivity index (χ1v) is 9.85. The van der Waals surface area contributed by atoms with Crippen molar-refractivity contribution in [1.82, 2.24) is 14.8 Å². The fraction of sp³-hybridized carbons (Fsp3) is 0. The number of nitrogen functional groups attached to an aromatic ring is 1. The van der Waals surface area contributed by atoms with Crippen LogP contribution in [0.5, 0.6) is 11.5 Å². The molecule has 0 saturated carbocycles. The van der Waals surface area contributed by atoms with Crippen molar-refractivity contribution in [3.05, 3.63) is 78.9 Å². The zero-order chi connectivity index (χ0) is 20.9. The number of thiol groups is 1. The van der Waals surface area contributed by atoms with Crippen LogP contribution in [0.3, 0.4) is 0 Å². The van der Waals surface area contributed by atoms with Gasteiger partial charge in [-0.3, -0.25) is 0 Å². The van der Waals surface area contributed by atoms with E-state index in [4.69, 9.17) is 22.7 Å². The molecule has 0 aliphatic rings. The van der Waals surface area contributed by atoms with Crippen molar-refractivity contribution in [3.63, 3.8) is 0 Å². The first-order chi connectivity index (χ1) is 14.6. The first-order valence-electron chi connectivity index (χ1n) is 9.00. The van der Waals surface area contributed by atoms with Crippen LogP contribution in [0.4, 0.5) is 23.3 Å². The maximum Gasteiger partial charge on any atom is 0.248 e. The van der Waals surface area contributed by atoms with Crippen molar-refractivity contribution in [2.75, 3.05) is 16.4 Å². The quantitative estimate of drug-likeness (QED) is 0.262.